The molecule has 1 amide bonds. The van der Waals surface area contributed by atoms with Crippen LogP contribution in [0.2, 0.25) is 0 Å². The van der Waals surface area contributed by atoms with E-state index in [4.69, 9.17) is 4.74 Å². The number of methoxy groups -OCH3 is 1. The van der Waals surface area contributed by atoms with Gasteiger partial charge in [-0.05, 0) is 49.9 Å². The van der Waals surface area contributed by atoms with Crippen molar-refractivity contribution < 1.29 is 9.53 Å². The standard InChI is InChI=1S/C20H29NO2/c1-23-19-14-12-16(13-15-19)20(22)21(17-8-4-2-5-9-17)18-10-6-3-7-11-18/h12-15,17-18H,2-11H2,1H3. The highest BCUT2D eigenvalue weighted by Gasteiger charge is 2.32. The van der Waals surface area contributed by atoms with Gasteiger partial charge in [-0.3, -0.25) is 4.79 Å². The van der Waals surface area contributed by atoms with E-state index >= 15 is 0 Å². The summed E-state index contributed by atoms with van der Waals surface area (Å²) in [6, 6.07) is 8.52. The molecule has 0 saturated heterocycles. The minimum atomic E-state index is 0.228. The third-order valence-corrected chi connectivity index (χ3v) is 5.51. The molecule has 2 saturated carbocycles. The van der Waals surface area contributed by atoms with Gasteiger partial charge in [-0.2, -0.15) is 0 Å². The van der Waals surface area contributed by atoms with Crippen LogP contribution in [0.15, 0.2) is 24.3 Å². The summed E-state index contributed by atoms with van der Waals surface area (Å²) in [5.41, 5.74) is 0.807. The van der Waals surface area contributed by atoms with Crippen LogP contribution in [0, 0.1) is 0 Å². The number of carbonyl (C=O) groups is 1. The van der Waals surface area contributed by atoms with E-state index in [-0.39, 0.29) is 5.91 Å². The highest BCUT2D eigenvalue weighted by atomic mass is 16.5. The topological polar surface area (TPSA) is 29.5 Å². The molecule has 3 heteroatoms. The molecule has 3 nitrogen and oxygen atoms in total. The van der Waals surface area contributed by atoms with Crippen LogP contribution in [0.3, 0.4) is 0 Å². The number of nitrogens with zero attached hydrogens (tertiary/aromatic N) is 1. The van der Waals surface area contributed by atoms with E-state index in [1.807, 2.05) is 24.3 Å². The minimum Gasteiger partial charge on any atom is -0.497 e. The highest BCUT2D eigenvalue weighted by Crippen LogP contribution is 2.31. The molecule has 0 unspecified atom stereocenters. The minimum absolute atomic E-state index is 0.228. The van der Waals surface area contributed by atoms with Crippen LogP contribution in [0.4, 0.5) is 0 Å². The SMILES string of the molecule is COc1ccc(C(=O)N(C2CCCCC2)C2CCCCC2)cc1. The van der Waals surface area contributed by atoms with Crippen LogP contribution in [-0.4, -0.2) is 30.0 Å². The van der Waals surface area contributed by atoms with Crippen molar-refractivity contribution in [3.05, 3.63) is 29.8 Å². The summed E-state index contributed by atoms with van der Waals surface area (Å²) in [5, 5.41) is 0. The molecule has 126 valence electrons. The predicted octanol–water partition coefficient (Wildman–Crippen LogP) is 4.80. The van der Waals surface area contributed by atoms with E-state index in [0.29, 0.717) is 12.1 Å². The Morgan fingerprint density at radius 2 is 1.35 bits per heavy atom. The molecule has 1 aromatic carbocycles. The Labute approximate surface area is 140 Å². The maximum Gasteiger partial charge on any atom is 0.254 e. The second-order valence-corrected chi connectivity index (χ2v) is 7.02. The molecule has 0 aliphatic heterocycles. The molecule has 0 heterocycles. The van der Waals surface area contributed by atoms with Crippen molar-refractivity contribution in [1.82, 2.24) is 4.90 Å². The molecular formula is C20H29NO2. The van der Waals surface area contributed by atoms with Crippen LogP contribution in [0.1, 0.15) is 74.6 Å². The summed E-state index contributed by atoms with van der Waals surface area (Å²) in [5.74, 6) is 1.04. The predicted molar refractivity (Wildman–Crippen MR) is 92.9 cm³/mol. The van der Waals surface area contributed by atoms with E-state index < -0.39 is 0 Å². The monoisotopic (exact) mass is 315 g/mol. The molecule has 1 aromatic rings. The maximum absolute atomic E-state index is 13.2. The Kier molecular flexibility index (Phi) is 5.58. The molecule has 0 aromatic heterocycles. The third-order valence-electron chi connectivity index (χ3n) is 5.51. The number of hydrogen-bond donors (Lipinski definition) is 0. The van der Waals surface area contributed by atoms with Gasteiger partial charge in [0.25, 0.3) is 5.91 Å². The van der Waals surface area contributed by atoms with E-state index in [1.165, 1.54) is 64.2 Å². The summed E-state index contributed by atoms with van der Waals surface area (Å²) in [6.45, 7) is 0. The van der Waals surface area contributed by atoms with E-state index in [1.54, 1.807) is 7.11 Å². The molecule has 0 atom stereocenters. The first-order chi connectivity index (χ1) is 11.3. The number of benzene rings is 1. The van der Waals surface area contributed by atoms with Crippen molar-refractivity contribution in [2.24, 2.45) is 0 Å². The van der Waals surface area contributed by atoms with Gasteiger partial charge in [0.15, 0.2) is 0 Å². The third kappa shape index (κ3) is 3.88. The number of rotatable bonds is 4. The van der Waals surface area contributed by atoms with Crippen LogP contribution in [0.5, 0.6) is 5.75 Å². The fourth-order valence-electron chi connectivity index (χ4n) is 4.23. The van der Waals surface area contributed by atoms with Crippen molar-refractivity contribution in [2.45, 2.75) is 76.3 Å². The fraction of sp³-hybridized carbons (Fsp3) is 0.650. The van der Waals surface area contributed by atoms with Gasteiger partial charge in [0.05, 0.1) is 7.11 Å². The summed E-state index contributed by atoms with van der Waals surface area (Å²) < 4.78 is 5.22. The molecule has 23 heavy (non-hydrogen) atoms. The van der Waals surface area contributed by atoms with Crippen LogP contribution >= 0.6 is 0 Å². The number of ether oxygens (including phenoxy) is 1. The Bertz CT molecular complexity index is 481. The van der Waals surface area contributed by atoms with Crippen molar-refractivity contribution in [3.63, 3.8) is 0 Å². The molecule has 0 spiro atoms. The second-order valence-electron chi connectivity index (χ2n) is 7.02. The van der Waals surface area contributed by atoms with Crippen LogP contribution in [0.25, 0.3) is 0 Å². The summed E-state index contributed by atoms with van der Waals surface area (Å²) in [7, 11) is 1.66. The van der Waals surface area contributed by atoms with Gasteiger partial charge in [0.1, 0.15) is 5.75 Å². The zero-order chi connectivity index (χ0) is 16.1. The first-order valence-electron chi connectivity index (χ1n) is 9.26. The largest absolute Gasteiger partial charge is 0.497 e. The Morgan fingerprint density at radius 1 is 0.870 bits per heavy atom. The molecule has 2 aliphatic carbocycles. The molecule has 2 aliphatic rings. The molecule has 3 rings (SSSR count). The maximum atomic E-state index is 13.2. The van der Waals surface area contributed by atoms with E-state index in [2.05, 4.69) is 4.90 Å². The smallest absolute Gasteiger partial charge is 0.254 e. The van der Waals surface area contributed by atoms with Crippen LogP contribution < -0.4 is 4.74 Å². The molecular weight excluding hydrogens is 286 g/mol. The van der Waals surface area contributed by atoms with Gasteiger partial charge in [-0.25, -0.2) is 0 Å². The summed E-state index contributed by atoms with van der Waals surface area (Å²) in [4.78, 5) is 15.5. The van der Waals surface area contributed by atoms with Gasteiger partial charge in [-0.1, -0.05) is 38.5 Å². The van der Waals surface area contributed by atoms with Gasteiger partial charge in [0.2, 0.25) is 0 Å². The zero-order valence-electron chi connectivity index (χ0n) is 14.3. The lowest BCUT2D eigenvalue weighted by Crippen LogP contribution is -2.48. The highest BCUT2D eigenvalue weighted by molar-refractivity contribution is 5.94. The Hall–Kier alpha value is -1.51. The van der Waals surface area contributed by atoms with Crippen molar-refractivity contribution in [1.29, 1.82) is 0 Å². The lowest BCUT2D eigenvalue weighted by molar-refractivity contribution is 0.0448. The normalized spacial score (nSPS) is 20.2. The lowest BCUT2D eigenvalue weighted by Gasteiger charge is -2.42. The average molecular weight is 315 g/mol. The zero-order valence-corrected chi connectivity index (χ0v) is 14.3. The van der Waals surface area contributed by atoms with Crippen molar-refractivity contribution in [3.8, 4) is 5.75 Å². The molecule has 0 bridgehead atoms. The summed E-state index contributed by atoms with van der Waals surface area (Å²) in [6.07, 6.45) is 12.4. The van der Waals surface area contributed by atoms with Crippen molar-refractivity contribution in [2.75, 3.05) is 7.11 Å². The van der Waals surface area contributed by atoms with E-state index in [9.17, 15) is 4.79 Å². The lowest BCUT2D eigenvalue weighted by atomic mass is 9.88. The van der Waals surface area contributed by atoms with E-state index in [0.717, 1.165) is 11.3 Å². The molecule has 0 N–H and O–H groups in total. The molecule has 2 fully saturated rings. The first kappa shape index (κ1) is 16.4. The molecule has 0 radical (unpaired) electrons. The quantitative estimate of drug-likeness (QED) is 0.798. The average Bonchev–Trinajstić information content (AvgIpc) is 2.64. The Balaban J connectivity index is 1.81. The fourth-order valence-corrected chi connectivity index (χ4v) is 4.23. The van der Waals surface area contributed by atoms with Gasteiger partial charge >= 0.3 is 0 Å². The Morgan fingerprint density at radius 3 is 1.78 bits per heavy atom. The van der Waals surface area contributed by atoms with Gasteiger partial charge in [-0.15, -0.1) is 0 Å². The number of carbonyl (C=O) groups excluding carboxylic acids is 1. The van der Waals surface area contributed by atoms with Crippen molar-refractivity contribution >= 4 is 5.91 Å². The van der Waals surface area contributed by atoms with Gasteiger partial charge in [0, 0.05) is 17.6 Å². The number of amides is 1. The van der Waals surface area contributed by atoms with Crippen LogP contribution in [-0.2, 0) is 0 Å². The number of hydrogen-bond acceptors (Lipinski definition) is 2. The van der Waals surface area contributed by atoms with Gasteiger partial charge < -0.3 is 9.64 Å². The summed E-state index contributed by atoms with van der Waals surface area (Å²) >= 11 is 0. The first-order valence-corrected chi connectivity index (χ1v) is 9.26. The second kappa shape index (κ2) is 7.85.